The summed E-state index contributed by atoms with van der Waals surface area (Å²) >= 11 is 0. The molecule has 3 nitrogen and oxygen atoms in total. The maximum Gasteiger partial charge on any atom is 0.159 e. The molecule has 59 heavy (non-hydrogen) atoms. The Morgan fingerprint density at radius 2 is 1.07 bits per heavy atom. The number of hydrogen-bond donors (Lipinski definition) is 0. The van der Waals surface area contributed by atoms with E-state index in [0.717, 1.165) is 50.3 Å². The molecule has 0 atom stereocenters. The smallest absolute Gasteiger partial charge is 0.159 e. The predicted molar refractivity (Wildman–Crippen MR) is 246 cm³/mol. The number of nitrogens with zero attached hydrogens (tertiary/aromatic N) is 2. The molecule has 0 unspecified atom stereocenters. The Bertz CT molecular complexity index is 3360. The molecule has 1 aliphatic carbocycles. The van der Waals surface area contributed by atoms with Crippen LogP contribution in [0.4, 0.5) is 17.1 Å². The van der Waals surface area contributed by atoms with Crippen LogP contribution < -0.4 is 4.90 Å². The number of benzene rings is 9. The zero-order valence-electron chi connectivity index (χ0n) is 32.5. The maximum atomic E-state index is 6.71. The molecule has 0 amide bonds. The topological polar surface area (TPSA) is 21.3 Å². The second kappa shape index (κ2) is 13.0. The first-order valence-corrected chi connectivity index (χ1v) is 20.3. The molecule has 0 saturated heterocycles. The van der Waals surface area contributed by atoms with Crippen LogP contribution in [0.25, 0.3) is 71.7 Å². The first kappa shape index (κ1) is 33.5. The number of para-hydroxylation sites is 4. The number of aromatic nitrogens is 1. The second-order valence-electron chi connectivity index (χ2n) is 15.8. The third-order valence-corrected chi connectivity index (χ3v) is 12.7. The summed E-state index contributed by atoms with van der Waals surface area (Å²) in [6.07, 6.45) is 0. The van der Waals surface area contributed by atoms with Crippen LogP contribution in [-0.4, -0.2) is 4.57 Å². The maximum absolute atomic E-state index is 6.71. The molecule has 0 spiro atoms. The highest BCUT2D eigenvalue weighted by Crippen LogP contribution is 2.53. The van der Waals surface area contributed by atoms with Gasteiger partial charge in [0.25, 0.3) is 0 Å². The highest BCUT2D eigenvalue weighted by Gasteiger charge is 2.40. The van der Waals surface area contributed by atoms with Gasteiger partial charge >= 0.3 is 0 Å². The van der Waals surface area contributed by atoms with Crippen molar-refractivity contribution < 1.29 is 4.42 Å². The van der Waals surface area contributed by atoms with E-state index in [0.29, 0.717) is 0 Å². The van der Waals surface area contributed by atoms with Gasteiger partial charge in [0.1, 0.15) is 5.58 Å². The summed E-state index contributed by atoms with van der Waals surface area (Å²) in [5, 5.41) is 4.70. The number of fused-ring (bicyclic) bond motifs is 9. The number of hydrogen-bond acceptors (Lipinski definition) is 2. The standard InChI is InChI=1S/C56H38N2O/c1-56(49-24-9-5-19-43(49)44-20-6-10-25-50(44)56)39-15-13-18-42(36-39)57(53-27-14-23-47-46-22-8-12-28-54(46)59-55(47)53)41-32-29-37(30-33-41)38-31-34-52-48(35-38)45-21-7-11-26-51(45)58(52)40-16-3-2-4-17-40/h2-36H,1H3. The summed E-state index contributed by atoms with van der Waals surface area (Å²) in [6, 6.07) is 76.9. The van der Waals surface area contributed by atoms with Gasteiger partial charge in [0, 0.05) is 44.0 Å². The Kier molecular flexibility index (Phi) is 7.36. The fraction of sp³-hybridized carbons (Fsp3) is 0.0357. The lowest BCUT2D eigenvalue weighted by molar-refractivity contribution is 0.669. The van der Waals surface area contributed by atoms with Crippen molar-refractivity contribution in [1.29, 1.82) is 0 Å². The van der Waals surface area contributed by atoms with E-state index in [1.54, 1.807) is 0 Å². The first-order valence-electron chi connectivity index (χ1n) is 20.3. The molecule has 0 N–H and O–H groups in total. The minimum absolute atomic E-state index is 0.327. The highest BCUT2D eigenvalue weighted by atomic mass is 16.3. The minimum Gasteiger partial charge on any atom is -0.454 e. The summed E-state index contributed by atoms with van der Waals surface area (Å²) in [7, 11) is 0. The van der Waals surface area contributed by atoms with E-state index in [1.165, 1.54) is 55.2 Å². The molecule has 11 aromatic rings. The van der Waals surface area contributed by atoms with E-state index in [-0.39, 0.29) is 5.41 Å². The zero-order chi connectivity index (χ0) is 39.1. The van der Waals surface area contributed by atoms with Gasteiger partial charge in [-0.3, -0.25) is 0 Å². The van der Waals surface area contributed by atoms with Gasteiger partial charge in [0.15, 0.2) is 5.58 Å². The molecule has 1 aliphatic rings. The predicted octanol–water partition coefficient (Wildman–Crippen LogP) is 15.2. The minimum atomic E-state index is -0.327. The summed E-state index contributed by atoms with van der Waals surface area (Å²) in [6.45, 7) is 2.38. The summed E-state index contributed by atoms with van der Waals surface area (Å²) in [5.41, 5.74) is 17.0. The van der Waals surface area contributed by atoms with Crippen molar-refractivity contribution in [3.63, 3.8) is 0 Å². The number of rotatable bonds is 6. The van der Waals surface area contributed by atoms with Crippen LogP contribution in [0.2, 0.25) is 0 Å². The van der Waals surface area contributed by atoms with Crippen molar-refractivity contribution in [2.24, 2.45) is 0 Å². The lowest BCUT2D eigenvalue weighted by Crippen LogP contribution is -2.23. The van der Waals surface area contributed by atoms with Gasteiger partial charge in [-0.25, -0.2) is 0 Å². The first-order chi connectivity index (χ1) is 29.1. The second-order valence-corrected chi connectivity index (χ2v) is 15.8. The van der Waals surface area contributed by atoms with E-state index < -0.39 is 0 Å². The fourth-order valence-electron chi connectivity index (χ4n) is 9.87. The van der Waals surface area contributed by atoms with Gasteiger partial charge < -0.3 is 13.9 Å². The van der Waals surface area contributed by atoms with Crippen LogP contribution in [0.5, 0.6) is 0 Å². The largest absolute Gasteiger partial charge is 0.454 e. The summed E-state index contributed by atoms with van der Waals surface area (Å²) in [4.78, 5) is 2.37. The average molecular weight is 755 g/mol. The van der Waals surface area contributed by atoms with E-state index in [9.17, 15) is 0 Å². The van der Waals surface area contributed by atoms with Crippen molar-refractivity contribution in [2.75, 3.05) is 4.90 Å². The molecule has 278 valence electrons. The zero-order valence-corrected chi connectivity index (χ0v) is 32.5. The van der Waals surface area contributed by atoms with Crippen LogP contribution in [-0.2, 0) is 5.41 Å². The van der Waals surface area contributed by atoms with Crippen molar-refractivity contribution in [1.82, 2.24) is 4.57 Å². The lowest BCUT2D eigenvalue weighted by Gasteiger charge is -2.31. The lowest BCUT2D eigenvalue weighted by atomic mass is 9.74. The average Bonchev–Trinajstić information content (AvgIpc) is 3.94. The van der Waals surface area contributed by atoms with Crippen molar-refractivity contribution in [3.8, 4) is 27.9 Å². The van der Waals surface area contributed by atoms with Crippen LogP contribution >= 0.6 is 0 Å². The molecule has 9 aromatic carbocycles. The summed E-state index contributed by atoms with van der Waals surface area (Å²) < 4.78 is 9.08. The van der Waals surface area contributed by atoms with Gasteiger partial charge in [-0.1, -0.05) is 146 Å². The van der Waals surface area contributed by atoms with Crippen molar-refractivity contribution in [3.05, 3.63) is 229 Å². The van der Waals surface area contributed by atoms with Crippen molar-refractivity contribution in [2.45, 2.75) is 12.3 Å². The van der Waals surface area contributed by atoms with Gasteiger partial charge in [0.05, 0.1) is 16.7 Å². The molecule has 3 heteroatoms. The SMILES string of the molecule is CC1(c2cccc(N(c3ccc(-c4ccc5c(c4)c4ccccc4n5-c4ccccc4)cc3)c3cccc4c3oc3ccccc34)c2)c2ccccc2-c2ccccc21. The van der Waals surface area contributed by atoms with Crippen molar-refractivity contribution >= 4 is 60.8 Å². The Morgan fingerprint density at radius 1 is 0.441 bits per heavy atom. The molecule has 0 fully saturated rings. The van der Waals surface area contributed by atoms with E-state index in [4.69, 9.17) is 4.42 Å². The molecular formula is C56H38N2O. The molecular weight excluding hydrogens is 717 g/mol. The van der Waals surface area contributed by atoms with Crippen LogP contribution in [0.1, 0.15) is 23.6 Å². The Morgan fingerprint density at radius 3 is 1.86 bits per heavy atom. The quantitative estimate of drug-likeness (QED) is 0.169. The Hall–Kier alpha value is -7.62. The molecule has 0 bridgehead atoms. The Balaban J connectivity index is 1.02. The fourth-order valence-corrected chi connectivity index (χ4v) is 9.87. The molecule has 2 aromatic heterocycles. The Labute approximate surface area is 342 Å². The van der Waals surface area contributed by atoms with Crippen LogP contribution in [0.3, 0.4) is 0 Å². The van der Waals surface area contributed by atoms with Crippen LogP contribution in [0.15, 0.2) is 217 Å². The van der Waals surface area contributed by atoms with Gasteiger partial charge in [-0.2, -0.15) is 0 Å². The monoisotopic (exact) mass is 754 g/mol. The molecule has 2 heterocycles. The third-order valence-electron chi connectivity index (χ3n) is 12.7. The van der Waals surface area contributed by atoms with E-state index >= 15 is 0 Å². The van der Waals surface area contributed by atoms with Gasteiger partial charge in [-0.15, -0.1) is 0 Å². The normalized spacial score (nSPS) is 13.0. The van der Waals surface area contributed by atoms with Gasteiger partial charge in [-0.05, 0) is 113 Å². The number of furan rings is 1. The molecule has 0 saturated carbocycles. The highest BCUT2D eigenvalue weighted by molar-refractivity contribution is 6.11. The van der Waals surface area contributed by atoms with Gasteiger partial charge in [0.2, 0.25) is 0 Å². The third kappa shape index (κ3) is 5.01. The summed E-state index contributed by atoms with van der Waals surface area (Å²) in [5.74, 6) is 0. The number of anilines is 3. The van der Waals surface area contributed by atoms with Crippen LogP contribution in [0, 0.1) is 0 Å². The molecule has 0 radical (unpaired) electrons. The van der Waals surface area contributed by atoms with E-state index in [2.05, 4.69) is 223 Å². The van der Waals surface area contributed by atoms with E-state index in [1.807, 2.05) is 6.07 Å². The molecule has 12 rings (SSSR count). The molecule has 0 aliphatic heterocycles.